The molecule has 0 saturated heterocycles. The van der Waals surface area contributed by atoms with E-state index in [1.807, 2.05) is 66.7 Å². The Balaban J connectivity index is 1.95. The summed E-state index contributed by atoms with van der Waals surface area (Å²) in [5.74, 6) is -1.62. The molecule has 0 bridgehead atoms. The Morgan fingerprint density at radius 1 is 0.947 bits per heavy atom. The fraction of sp³-hybridized carbons (Fsp3) is 0.387. The number of aliphatic hydroxyl groups is 1. The SMILES string of the molecule is C=CCCCCC(=O)OC(CNC(=O)C(CC=C)CC(=O)NC(CO)Cc1ccccc1)c1ccccc1. The molecule has 2 aromatic carbocycles. The van der Waals surface area contributed by atoms with Gasteiger partial charge in [-0.05, 0) is 43.2 Å². The first-order valence-corrected chi connectivity index (χ1v) is 13.1. The van der Waals surface area contributed by atoms with Gasteiger partial charge >= 0.3 is 5.97 Å². The van der Waals surface area contributed by atoms with Crippen molar-refractivity contribution in [1.82, 2.24) is 10.6 Å². The molecule has 2 rings (SSSR count). The molecule has 2 amide bonds. The van der Waals surface area contributed by atoms with E-state index in [-0.39, 0.29) is 37.4 Å². The minimum Gasteiger partial charge on any atom is -0.456 e. The summed E-state index contributed by atoms with van der Waals surface area (Å²) in [6.45, 7) is 7.28. The molecule has 7 nitrogen and oxygen atoms in total. The summed E-state index contributed by atoms with van der Waals surface area (Å²) >= 11 is 0. The number of rotatable bonds is 18. The highest BCUT2D eigenvalue weighted by Gasteiger charge is 2.24. The smallest absolute Gasteiger partial charge is 0.306 e. The molecule has 204 valence electrons. The minimum atomic E-state index is -0.644. The zero-order valence-corrected chi connectivity index (χ0v) is 22.0. The van der Waals surface area contributed by atoms with Gasteiger partial charge in [0.15, 0.2) is 0 Å². The van der Waals surface area contributed by atoms with Crippen LogP contribution in [0.25, 0.3) is 0 Å². The Morgan fingerprint density at radius 2 is 1.63 bits per heavy atom. The van der Waals surface area contributed by atoms with Crippen LogP contribution in [0.3, 0.4) is 0 Å². The van der Waals surface area contributed by atoms with Crippen LogP contribution in [0, 0.1) is 5.92 Å². The molecule has 0 aliphatic heterocycles. The Hall–Kier alpha value is -3.71. The van der Waals surface area contributed by atoms with Crippen LogP contribution in [-0.4, -0.2) is 42.1 Å². The van der Waals surface area contributed by atoms with Crippen LogP contribution in [0.15, 0.2) is 86.0 Å². The predicted octanol–water partition coefficient (Wildman–Crippen LogP) is 4.44. The molecule has 0 spiro atoms. The third kappa shape index (κ3) is 11.6. The number of benzene rings is 2. The Bertz CT molecular complexity index is 1010. The van der Waals surface area contributed by atoms with Gasteiger partial charge in [-0.2, -0.15) is 0 Å². The van der Waals surface area contributed by atoms with E-state index in [0.717, 1.165) is 24.0 Å². The standard InChI is InChI=1S/C31H40N2O5/c1-3-5-6-13-19-30(36)38-28(25-17-11-8-12-18-25)22-32-31(37)26(14-4-2)21-29(35)33-27(23-34)20-24-15-9-7-10-16-24/h3-4,7-12,15-18,26-28,34H,1-2,5-6,13-14,19-23H2,(H,32,37)(H,33,35). The van der Waals surface area contributed by atoms with E-state index in [4.69, 9.17) is 4.74 Å². The van der Waals surface area contributed by atoms with Crippen molar-refractivity contribution in [2.75, 3.05) is 13.2 Å². The third-order valence-electron chi connectivity index (χ3n) is 6.11. The molecule has 0 radical (unpaired) electrons. The summed E-state index contributed by atoms with van der Waals surface area (Å²) in [7, 11) is 0. The molecular weight excluding hydrogens is 480 g/mol. The van der Waals surface area contributed by atoms with Gasteiger partial charge in [0.1, 0.15) is 6.10 Å². The number of amides is 2. The zero-order chi connectivity index (χ0) is 27.6. The zero-order valence-electron chi connectivity index (χ0n) is 22.0. The van der Waals surface area contributed by atoms with Crippen LogP contribution in [0.5, 0.6) is 0 Å². The average Bonchev–Trinajstić information content (AvgIpc) is 2.93. The molecule has 2 aromatic rings. The first kappa shape index (κ1) is 30.5. The van der Waals surface area contributed by atoms with E-state index in [1.165, 1.54) is 0 Å². The Morgan fingerprint density at radius 3 is 2.26 bits per heavy atom. The second kappa shape index (κ2) is 17.7. The number of carbonyl (C=O) groups is 3. The monoisotopic (exact) mass is 520 g/mol. The predicted molar refractivity (Wildman–Crippen MR) is 149 cm³/mol. The van der Waals surface area contributed by atoms with Crippen molar-refractivity contribution in [3.05, 3.63) is 97.1 Å². The lowest BCUT2D eigenvalue weighted by Gasteiger charge is -2.22. The maximum Gasteiger partial charge on any atom is 0.306 e. The number of nitrogens with one attached hydrogen (secondary N) is 2. The van der Waals surface area contributed by atoms with E-state index in [0.29, 0.717) is 25.7 Å². The number of esters is 1. The molecule has 3 N–H and O–H groups in total. The quantitative estimate of drug-likeness (QED) is 0.153. The molecule has 0 heterocycles. The third-order valence-corrected chi connectivity index (χ3v) is 6.11. The first-order chi connectivity index (χ1) is 18.5. The van der Waals surface area contributed by atoms with Crippen LogP contribution in [0.1, 0.15) is 55.8 Å². The first-order valence-electron chi connectivity index (χ1n) is 13.1. The van der Waals surface area contributed by atoms with Crippen LogP contribution in [-0.2, 0) is 25.5 Å². The molecule has 0 aliphatic rings. The van der Waals surface area contributed by atoms with Crippen molar-refractivity contribution >= 4 is 17.8 Å². The maximum absolute atomic E-state index is 13.0. The van der Waals surface area contributed by atoms with E-state index in [2.05, 4.69) is 23.8 Å². The van der Waals surface area contributed by atoms with Gasteiger partial charge in [0.2, 0.25) is 11.8 Å². The summed E-state index contributed by atoms with van der Waals surface area (Å²) in [4.78, 5) is 38.2. The van der Waals surface area contributed by atoms with Crippen molar-refractivity contribution in [3.8, 4) is 0 Å². The normalized spacial score (nSPS) is 13.0. The van der Waals surface area contributed by atoms with Crippen LogP contribution in [0.4, 0.5) is 0 Å². The number of aliphatic hydroxyl groups excluding tert-OH is 1. The van der Waals surface area contributed by atoms with Gasteiger partial charge in [-0.25, -0.2) is 0 Å². The summed E-state index contributed by atoms with van der Waals surface area (Å²) < 4.78 is 5.71. The van der Waals surface area contributed by atoms with E-state index in [1.54, 1.807) is 6.08 Å². The van der Waals surface area contributed by atoms with Crippen molar-refractivity contribution in [1.29, 1.82) is 0 Å². The topological polar surface area (TPSA) is 105 Å². The van der Waals surface area contributed by atoms with Gasteiger partial charge in [-0.1, -0.05) is 72.8 Å². The molecule has 0 aliphatic carbocycles. The summed E-state index contributed by atoms with van der Waals surface area (Å²) in [5.41, 5.74) is 1.77. The number of allylic oxidation sites excluding steroid dienone is 2. The second-order valence-electron chi connectivity index (χ2n) is 9.23. The highest BCUT2D eigenvalue weighted by Crippen LogP contribution is 2.19. The van der Waals surface area contributed by atoms with Gasteiger partial charge in [0.05, 0.1) is 25.1 Å². The maximum atomic E-state index is 13.0. The van der Waals surface area contributed by atoms with Crippen LogP contribution < -0.4 is 10.6 Å². The van der Waals surface area contributed by atoms with Gasteiger partial charge in [0, 0.05) is 12.8 Å². The van der Waals surface area contributed by atoms with Crippen molar-refractivity contribution < 1.29 is 24.2 Å². The molecule has 3 atom stereocenters. The van der Waals surface area contributed by atoms with E-state index in [9.17, 15) is 19.5 Å². The van der Waals surface area contributed by atoms with Crippen LogP contribution in [0.2, 0.25) is 0 Å². The molecule has 38 heavy (non-hydrogen) atoms. The van der Waals surface area contributed by atoms with E-state index < -0.39 is 18.1 Å². The summed E-state index contributed by atoms with van der Waals surface area (Å²) in [6, 6.07) is 18.4. The van der Waals surface area contributed by atoms with Crippen LogP contribution >= 0.6 is 0 Å². The highest BCUT2D eigenvalue weighted by atomic mass is 16.5. The Labute approximate surface area is 226 Å². The Kier molecular flexibility index (Phi) is 14.2. The minimum absolute atomic E-state index is 0.0533. The molecule has 3 unspecified atom stereocenters. The number of hydrogen-bond acceptors (Lipinski definition) is 5. The number of carbonyl (C=O) groups excluding carboxylic acids is 3. The number of ether oxygens (including phenoxy) is 1. The van der Waals surface area contributed by atoms with Crippen molar-refractivity contribution in [2.24, 2.45) is 5.92 Å². The lowest BCUT2D eigenvalue weighted by molar-refractivity contribution is -0.150. The lowest BCUT2D eigenvalue weighted by atomic mass is 9.98. The van der Waals surface area contributed by atoms with Crippen molar-refractivity contribution in [2.45, 2.75) is 57.1 Å². The van der Waals surface area contributed by atoms with Crippen molar-refractivity contribution in [3.63, 3.8) is 0 Å². The van der Waals surface area contributed by atoms with Gasteiger partial charge in [0.25, 0.3) is 0 Å². The summed E-state index contributed by atoms with van der Waals surface area (Å²) in [5, 5.41) is 15.4. The molecule has 0 aromatic heterocycles. The van der Waals surface area contributed by atoms with E-state index >= 15 is 0 Å². The average molecular weight is 521 g/mol. The lowest BCUT2D eigenvalue weighted by Crippen LogP contribution is -2.42. The number of unbranched alkanes of at least 4 members (excludes halogenated alkanes) is 2. The van der Waals surface area contributed by atoms with Gasteiger partial charge < -0.3 is 20.5 Å². The number of hydrogen-bond donors (Lipinski definition) is 3. The second-order valence-corrected chi connectivity index (χ2v) is 9.23. The fourth-order valence-electron chi connectivity index (χ4n) is 4.06. The molecule has 7 heteroatoms. The fourth-order valence-corrected chi connectivity index (χ4v) is 4.06. The molecule has 0 saturated carbocycles. The van der Waals surface area contributed by atoms with Gasteiger partial charge in [-0.15, -0.1) is 13.2 Å². The molecule has 0 fully saturated rings. The highest BCUT2D eigenvalue weighted by molar-refractivity contribution is 5.86. The molecular formula is C31H40N2O5. The summed E-state index contributed by atoms with van der Waals surface area (Å²) in [6.07, 6.45) is 6.21. The van der Waals surface area contributed by atoms with Gasteiger partial charge in [-0.3, -0.25) is 14.4 Å². The largest absolute Gasteiger partial charge is 0.456 e.